The summed E-state index contributed by atoms with van der Waals surface area (Å²) < 4.78 is 22.8. The molecule has 2 aliphatic rings. The molecule has 2 heterocycles. The van der Waals surface area contributed by atoms with E-state index in [-0.39, 0.29) is 16.7 Å². The lowest BCUT2D eigenvalue weighted by Gasteiger charge is -2.13. The minimum absolute atomic E-state index is 0.0744. The van der Waals surface area contributed by atoms with Gasteiger partial charge in [0.25, 0.3) is 5.56 Å². The number of benzene rings is 1. The van der Waals surface area contributed by atoms with Crippen molar-refractivity contribution in [2.45, 2.75) is 32.2 Å². The summed E-state index contributed by atoms with van der Waals surface area (Å²) in [6.45, 7) is 4.43. The fraction of sp³-hybridized carbons (Fsp3) is 0.368. The number of H-pyrrole nitrogens is 1. The summed E-state index contributed by atoms with van der Waals surface area (Å²) in [7, 11) is -3.30. The van der Waals surface area contributed by atoms with Crippen LogP contribution in [0.5, 0.6) is 0 Å². The molecule has 26 heavy (non-hydrogen) atoms. The van der Waals surface area contributed by atoms with E-state index in [9.17, 15) is 18.3 Å². The maximum Gasteiger partial charge on any atom is 0.256 e. The van der Waals surface area contributed by atoms with Gasteiger partial charge in [0.15, 0.2) is 9.84 Å². The summed E-state index contributed by atoms with van der Waals surface area (Å²) in [5.41, 5.74) is 1.58. The minimum atomic E-state index is -3.30. The van der Waals surface area contributed by atoms with Crippen LogP contribution < -0.4 is 10.7 Å². The third kappa shape index (κ3) is 3.07. The summed E-state index contributed by atoms with van der Waals surface area (Å²) in [5.74, 6) is -0.444. The van der Waals surface area contributed by atoms with Gasteiger partial charge in [-0.1, -0.05) is 26.0 Å². The first-order valence-electron chi connectivity index (χ1n) is 8.48. The van der Waals surface area contributed by atoms with Crippen molar-refractivity contribution in [3.05, 3.63) is 57.2 Å². The zero-order valence-corrected chi connectivity index (χ0v) is 15.3. The van der Waals surface area contributed by atoms with Gasteiger partial charge in [0, 0.05) is 10.9 Å². The van der Waals surface area contributed by atoms with Crippen LogP contribution in [0.1, 0.15) is 37.3 Å². The third-order valence-electron chi connectivity index (χ3n) is 5.21. The number of aliphatic imine (C=N–C) groups is 1. The molecule has 2 unspecified atom stereocenters. The van der Waals surface area contributed by atoms with Gasteiger partial charge in [-0.05, 0) is 52.8 Å². The smallest absolute Gasteiger partial charge is 0.256 e. The second-order valence-electron chi connectivity index (χ2n) is 7.76. The molecule has 136 valence electrons. The van der Waals surface area contributed by atoms with Crippen LogP contribution in [0.25, 0.3) is 10.9 Å². The average Bonchev–Trinajstić information content (AvgIpc) is 3.05. The molecule has 1 aliphatic heterocycles. The molecule has 0 spiro atoms. The Balaban J connectivity index is 1.68. The van der Waals surface area contributed by atoms with Crippen molar-refractivity contribution >= 4 is 26.6 Å². The molecular formula is C19H19N2O4S-. The van der Waals surface area contributed by atoms with Gasteiger partial charge in [-0.2, -0.15) is 0 Å². The van der Waals surface area contributed by atoms with Crippen LogP contribution >= 0.6 is 0 Å². The molecule has 1 aromatic heterocycles. The predicted molar refractivity (Wildman–Crippen MR) is 99.0 cm³/mol. The standard InChI is InChI=1S/C19H20N2O4S/c1-19(2)9-15(19)11-3-4-12-7-14(18(23)21-16(12)8-11)17(22)20-13-5-6-26(24,25)10-13/h3-8,13,15H,9-10H2,1-2H3,(H,20,22)(H,21,23)/p-1. The molecule has 0 saturated heterocycles. The SMILES string of the molecule is CC1(C)CC1c1ccc2cc(C([O-])=NC3C=CS(=O)(=O)C3)c(=O)[nH]c2c1. The Kier molecular flexibility index (Phi) is 3.63. The second kappa shape index (κ2) is 5.54. The van der Waals surface area contributed by atoms with E-state index < -0.39 is 27.3 Å². The Morgan fingerprint density at radius 2 is 2.04 bits per heavy atom. The molecule has 7 heteroatoms. The van der Waals surface area contributed by atoms with Gasteiger partial charge in [-0.25, -0.2) is 8.42 Å². The van der Waals surface area contributed by atoms with Crippen molar-refractivity contribution in [3.63, 3.8) is 0 Å². The van der Waals surface area contributed by atoms with Gasteiger partial charge in [0.05, 0.1) is 17.4 Å². The van der Waals surface area contributed by atoms with E-state index in [1.165, 1.54) is 17.7 Å². The van der Waals surface area contributed by atoms with Crippen molar-refractivity contribution in [1.29, 1.82) is 0 Å². The fourth-order valence-electron chi connectivity index (χ4n) is 3.49. The van der Waals surface area contributed by atoms with Gasteiger partial charge in [-0.3, -0.25) is 9.79 Å². The number of hydrogen-bond acceptors (Lipinski definition) is 5. The van der Waals surface area contributed by atoms with Crippen LogP contribution in [-0.4, -0.2) is 31.1 Å². The number of rotatable bonds is 3. The van der Waals surface area contributed by atoms with Crippen LogP contribution in [0.2, 0.25) is 0 Å². The van der Waals surface area contributed by atoms with Gasteiger partial charge < -0.3 is 10.1 Å². The molecule has 1 saturated carbocycles. The van der Waals surface area contributed by atoms with Crippen molar-refractivity contribution in [1.82, 2.24) is 4.98 Å². The molecule has 0 bridgehead atoms. The molecule has 4 rings (SSSR count). The fourth-order valence-corrected chi connectivity index (χ4v) is 4.68. The highest BCUT2D eigenvalue weighted by Crippen LogP contribution is 2.58. The minimum Gasteiger partial charge on any atom is -0.858 e. The molecule has 1 aromatic carbocycles. The summed E-state index contributed by atoms with van der Waals surface area (Å²) in [5, 5.41) is 14.1. The van der Waals surface area contributed by atoms with Crippen LogP contribution in [-0.2, 0) is 9.84 Å². The summed E-state index contributed by atoms with van der Waals surface area (Å²) in [4.78, 5) is 18.9. The van der Waals surface area contributed by atoms with Crippen molar-refractivity contribution in [3.8, 4) is 0 Å². The van der Waals surface area contributed by atoms with E-state index in [1.807, 2.05) is 18.2 Å². The van der Waals surface area contributed by atoms with Crippen molar-refractivity contribution in [2.24, 2.45) is 10.4 Å². The Labute approximate surface area is 151 Å². The lowest BCUT2D eigenvalue weighted by molar-refractivity contribution is -0.213. The van der Waals surface area contributed by atoms with Gasteiger partial charge in [-0.15, -0.1) is 0 Å². The molecule has 2 atom stereocenters. The highest BCUT2D eigenvalue weighted by molar-refractivity contribution is 7.94. The normalized spacial score (nSPS) is 26.3. The van der Waals surface area contributed by atoms with E-state index in [2.05, 4.69) is 23.8 Å². The molecule has 6 nitrogen and oxygen atoms in total. The first-order valence-corrected chi connectivity index (χ1v) is 10.2. The summed E-state index contributed by atoms with van der Waals surface area (Å²) >= 11 is 0. The van der Waals surface area contributed by atoms with E-state index in [4.69, 9.17) is 0 Å². The molecule has 1 fully saturated rings. The van der Waals surface area contributed by atoms with E-state index in [0.717, 1.165) is 17.2 Å². The van der Waals surface area contributed by atoms with E-state index >= 15 is 0 Å². The van der Waals surface area contributed by atoms with Crippen LogP contribution in [0.4, 0.5) is 0 Å². The van der Waals surface area contributed by atoms with Crippen LogP contribution in [0, 0.1) is 5.41 Å². The maximum atomic E-state index is 12.3. The maximum absolute atomic E-state index is 12.3. The Bertz CT molecular complexity index is 1130. The highest BCUT2D eigenvalue weighted by Gasteiger charge is 2.46. The Morgan fingerprint density at radius 1 is 1.31 bits per heavy atom. The first-order chi connectivity index (χ1) is 12.1. The third-order valence-corrected chi connectivity index (χ3v) is 6.59. The lowest BCUT2D eigenvalue weighted by Crippen LogP contribution is -2.29. The lowest BCUT2D eigenvalue weighted by atomic mass is 10.0. The van der Waals surface area contributed by atoms with Gasteiger partial charge in [0.2, 0.25) is 0 Å². The zero-order chi connectivity index (χ0) is 18.7. The molecule has 1 aliphatic carbocycles. The summed E-state index contributed by atoms with van der Waals surface area (Å²) in [6.07, 6.45) is 2.49. The molecular weight excluding hydrogens is 352 g/mol. The van der Waals surface area contributed by atoms with Crippen LogP contribution in [0.15, 0.2) is 45.5 Å². The largest absolute Gasteiger partial charge is 0.858 e. The van der Waals surface area contributed by atoms with Crippen LogP contribution in [0.3, 0.4) is 0 Å². The highest BCUT2D eigenvalue weighted by atomic mass is 32.2. The number of nitrogens with zero attached hydrogens (tertiary/aromatic N) is 1. The van der Waals surface area contributed by atoms with Crippen molar-refractivity contribution in [2.75, 3.05) is 5.75 Å². The Hall–Kier alpha value is -2.41. The first kappa shape index (κ1) is 17.0. The number of sulfone groups is 1. The monoisotopic (exact) mass is 371 g/mol. The molecule has 1 N–H and O–H groups in total. The zero-order valence-electron chi connectivity index (χ0n) is 14.5. The summed E-state index contributed by atoms with van der Waals surface area (Å²) in [6, 6.07) is 6.67. The average molecular weight is 371 g/mol. The predicted octanol–water partition coefficient (Wildman–Crippen LogP) is 1.46. The van der Waals surface area contributed by atoms with Gasteiger partial charge >= 0.3 is 0 Å². The number of nitrogens with one attached hydrogen (secondary N) is 1. The van der Waals surface area contributed by atoms with Crippen molar-refractivity contribution < 1.29 is 13.5 Å². The molecule has 0 radical (unpaired) electrons. The van der Waals surface area contributed by atoms with Gasteiger partial charge in [0.1, 0.15) is 0 Å². The molecule has 2 aromatic rings. The second-order valence-corrected chi connectivity index (χ2v) is 9.69. The van der Waals surface area contributed by atoms with E-state index in [0.29, 0.717) is 11.4 Å². The van der Waals surface area contributed by atoms with E-state index in [1.54, 1.807) is 0 Å². The molecule has 0 amide bonds. The Morgan fingerprint density at radius 3 is 2.65 bits per heavy atom. The topological polar surface area (TPSA) is 102 Å². The number of hydrogen-bond donors (Lipinski definition) is 1. The number of aromatic nitrogens is 1. The number of pyridine rings is 1. The number of fused-ring (bicyclic) bond motifs is 1. The quantitative estimate of drug-likeness (QED) is 0.652. The number of aromatic amines is 1.